The highest BCUT2D eigenvalue weighted by Gasteiger charge is 2.39. The van der Waals surface area contributed by atoms with Gasteiger partial charge in [-0.15, -0.1) is 0 Å². The Morgan fingerprint density at radius 3 is 2.50 bits per heavy atom. The standard InChI is InChI=1S/C11H7F5N2O2/c1-2-20-10(19)5-3-7(9(12)13)18-8(6(5)4-17)11(14,15)16/h3,9H,2H2,1H3. The van der Waals surface area contributed by atoms with Crippen molar-refractivity contribution in [2.75, 3.05) is 6.61 Å². The van der Waals surface area contributed by atoms with Crippen LogP contribution in [0.15, 0.2) is 6.07 Å². The zero-order valence-corrected chi connectivity index (χ0v) is 9.96. The molecular weight excluding hydrogens is 287 g/mol. The molecule has 4 nitrogen and oxygen atoms in total. The minimum atomic E-state index is -5.14. The van der Waals surface area contributed by atoms with E-state index in [1.807, 2.05) is 0 Å². The topological polar surface area (TPSA) is 63.0 Å². The Morgan fingerprint density at radius 1 is 1.50 bits per heavy atom. The summed E-state index contributed by atoms with van der Waals surface area (Å²) >= 11 is 0. The van der Waals surface area contributed by atoms with Crippen LogP contribution in [-0.4, -0.2) is 17.6 Å². The van der Waals surface area contributed by atoms with Crippen LogP contribution in [-0.2, 0) is 10.9 Å². The fourth-order valence-corrected chi connectivity index (χ4v) is 1.36. The smallest absolute Gasteiger partial charge is 0.434 e. The molecule has 1 heterocycles. The molecule has 0 aliphatic heterocycles. The highest BCUT2D eigenvalue weighted by Crippen LogP contribution is 2.33. The molecule has 0 saturated carbocycles. The highest BCUT2D eigenvalue weighted by molar-refractivity contribution is 5.92. The number of aromatic nitrogens is 1. The van der Waals surface area contributed by atoms with Crippen LogP contribution in [0.25, 0.3) is 0 Å². The van der Waals surface area contributed by atoms with E-state index in [-0.39, 0.29) is 6.61 Å². The monoisotopic (exact) mass is 294 g/mol. The van der Waals surface area contributed by atoms with Crippen molar-refractivity contribution in [2.24, 2.45) is 0 Å². The average Bonchev–Trinajstić information content (AvgIpc) is 2.36. The van der Waals surface area contributed by atoms with Crippen LogP contribution in [0.5, 0.6) is 0 Å². The lowest BCUT2D eigenvalue weighted by Gasteiger charge is -2.13. The largest absolute Gasteiger partial charge is 0.462 e. The first-order valence-corrected chi connectivity index (χ1v) is 5.19. The number of carbonyl (C=O) groups excluding carboxylic acids is 1. The fraction of sp³-hybridized carbons (Fsp3) is 0.364. The van der Waals surface area contributed by atoms with E-state index < -0.39 is 41.1 Å². The zero-order valence-electron chi connectivity index (χ0n) is 9.96. The second kappa shape index (κ2) is 5.81. The SMILES string of the molecule is CCOC(=O)c1cc(C(F)F)nc(C(F)(F)F)c1C#N. The molecule has 0 aliphatic carbocycles. The number of hydrogen-bond donors (Lipinski definition) is 0. The number of ether oxygens (including phenoxy) is 1. The van der Waals surface area contributed by atoms with Gasteiger partial charge in [0.2, 0.25) is 0 Å². The Morgan fingerprint density at radius 2 is 2.10 bits per heavy atom. The number of nitrogens with zero attached hydrogens (tertiary/aromatic N) is 2. The van der Waals surface area contributed by atoms with Crippen LogP contribution in [0.1, 0.15) is 40.7 Å². The molecule has 0 unspecified atom stereocenters. The molecule has 0 aromatic carbocycles. The van der Waals surface area contributed by atoms with Gasteiger partial charge in [0.1, 0.15) is 11.8 Å². The summed E-state index contributed by atoms with van der Waals surface area (Å²) in [6, 6.07) is 1.57. The third-order valence-electron chi connectivity index (χ3n) is 2.14. The molecule has 0 bridgehead atoms. The Hall–Kier alpha value is -2.24. The molecule has 0 N–H and O–H groups in total. The molecule has 0 fully saturated rings. The molecule has 1 rings (SSSR count). The van der Waals surface area contributed by atoms with Gasteiger partial charge in [-0.05, 0) is 13.0 Å². The van der Waals surface area contributed by atoms with Gasteiger partial charge >= 0.3 is 12.1 Å². The van der Waals surface area contributed by atoms with Crippen molar-refractivity contribution >= 4 is 5.97 Å². The van der Waals surface area contributed by atoms with Crippen molar-refractivity contribution in [1.82, 2.24) is 4.98 Å². The number of alkyl halides is 5. The predicted octanol–water partition coefficient (Wildman–Crippen LogP) is 3.09. The van der Waals surface area contributed by atoms with Crippen molar-refractivity contribution in [2.45, 2.75) is 19.5 Å². The number of carbonyl (C=O) groups is 1. The molecule has 1 aromatic rings. The van der Waals surface area contributed by atoms with Crippen molar-refractivity contribution in [1.29, 1.82) is 5.26 Å². The van der Waals surface area contributed by atoms with E-state index in [1.165, 1.54) is 6.92 Å². The van der Waals surface area contributed by atoms with Crippen LogP contribution < -0.4 is 0 Å². The minimum absolute atomic E-state index is 0.183. The van der Waals surface area contributed by atoms with E-state index in [1.54, 1.807) is 0 Å². The molecular formula is C11H7F5N2O2. The summed E-state index contributed by atoms with van der Waals surface area (Å²) in [5.41, 5.74) is -5.10. The molecule has 0 spiro atoms. The first-order chi connectivity index (χ1) is 9.22. The number of halogens is 5. The molecule has 0 radical (unpaired) electrons. The fourth-order valence-electron chi connectivity index (χ4n) is 1.36. The number of esters is 1. The summed E-state index contributed by atoms with van der Waals surface area (Å²) in [7, 11) is 0. The van der Waals surface area contributed by atoms with Gasteiger partial charge in [0, 0.05) is 0 Å². The second-order valence-corrected chi connectivity index (χ2v) is 3.45. The number of rotatable bonds is 3. The molecule has 20 heavy (non-hydrogen) atoms. The Labute approximate surface area is 109 Å². The maximum atomic E-state index is 12.7. The molecule has 0 amide bonds. The van der Waals surface area contributed by atoms with Gasteiger partial charge in [-0.2, -0.15) is 18.4 Å². The highest BCUT2D eigenvalue weighted by atomic mass is 19.4. The van der Waals surface area contributed by atoms with Gasteiger partial charge in [0.05, 0.1) is 17.7 Å². The van der Waals surface area contributed by atoms with Gasteiger partial charge < -0.3 is 4.74 Å². The van der Waals surface area contributed by atoms with Crippen molar-refractivity contribution in [3.05, 3.63) is 28.6 Å². The summed E-state index contributed by atoms with van der Waals surface area (Å²) in [4.78, 5) is 14.2. The van der Waals surface area contributed by atoms with Gasteiger partial charge in [-0.1, -0.05) is 0 Å². The van der Waals surface area contributed by atoms with Gasteiger partial charge in [-0.25, -0.2) is 18.6 Å². The lowest BCUT2D eigenvalue weighted by Crippen LogP contribution is -2.18. The Kier molecular flexibility index (Phi) is 4.60. The number of hydrogen-bond acceptors (Lipinski definition) is 4. The van der Waals surface area contributed by atoms with Gasteiger partial charge in [-0.3, -0.25) is 0 Å². The molecule has 9 heteroatoms. The summed E-state index contributed by atoms with van der Waals surface area (Å²) in [5.74, 6) is -1.29. The predicted molar refractivity (Wildman–Crippen MR) is 54.9 cm³/mol. The molecule has 0 aliphatic rings. The second-order valence-electron chi connectivity index (χ2n) is 3.45. The normalized spacial score (nSPS) is 11.3. The summed E-state index contributed by atoms with van der Waals surface area (Å²) in [6.07, 6.45) is -8.46. The Balaban J connectivity index is 3.61. The zero-order chi connectivity index (χ0) is 15.5. The van der Waals surface area contributed by atoms with Gasteiger partial charge in [0.25, 0.3) is 6.43 Å². The third-order valence-corrected chi connectivity index (χ3v) is 2.14. The van der Waals surface area contributed by atoms with E-state index in [0.29, 0.717) is 6.07 Å². The maximum Gasteiger partial charge on any atom is 0.434 e. The lowest BCUT2D eigenvalue weighted by atomic mass is 10.1. The third kappa shape index (κ3) is 3.20. The maximum absolute atomic E-state index is 12.7. The first kappa shape index (κ1) is 15.8. The van der Waals surface area contributed by atoms with E-state index in [2.05, 4.69) is 9.72 Å². The van der Waals surface area contributed by atoms with Crippen LogP contribution in [0.2, 0.25) is 0 Å². The average molecular weight is 294 g/mol. The lowest BCUT2D eigenvalue weighted by molar-refractivity contribution is -0.141. The number of nitriles is 1. The van der Waals surface area contributed by atoms with Crippen LogP contribution in [0.3, 0.4) is 0 Å². The number of pyridine rings is 1. The van der Waals surface area contributed by atoms with Crippen LogP contribution in [0.4, 0.5) is 22.0 Å². The van der Waals surface area contributed by atoms with E-state index >= 15 is 0 Å². The van der Waals surface area contributed by atoms with Crippen LogP contribution >= 0.6 is 0 Å². The van der Waals surface area contributed by atoms with Crippen LogP contribution in [0, 0.1) is 11.3 Å². The Bertz CT molecular complexity index is 563. The van der Waals surface area contributed by atoms with Crippen molar-refractivity contribution in [3.8, 4) is 6.07 Å². The molecule has 0 saturated heterocycles. The van der Waals surface area contributed by atoms with E-state index in [9.17, 15) is 26.7 Å². The summed E-state index contributed by atoms with van der Waals surface area (Å²) < 4.78 is 67.6. The summed E-state index contributed by atoms with van der Waals surface area (Å²) in [5, 5.41) is 8.72. The van der Waals surface area contributed by atoms with Crippen molar-refractivity contribution in [3.63, 3.8) is 0 Å². The minimum Gasteiger partial charge on any atom is -0.462 e. The first-order valence-electron chi connectivity index (χ1n) is 5.19. The van der Waals surface area contributed by atoms with E-state index in [0.717, 1.165) is 6.07 Å². The quantitative estimate of drug-likeness (QED) is 0.635. The summed E-state index contributed by atoms with van der Waals surface area (Å²) in [6.45, 7) is 1.20. The van der Waals surface area contributed by atoms with Gasteiger partial charge in [0.15, 0.2) is 5.69 Å². The molecule has 108 valence electrons. The van der Waals surface area contributed by atoms with Crippen molar-refractivity contribution < 1.29 is 31.5 Å². The van der Waals surface area contributed by atoms with E-state index in [4.69, 9.17) is 5.26 Å². The molecule has 1 aromatic heterocycles. The molecule has 0 atom stereocenters.